The van der Waals surface area contributed by atoms with Crippen molar-refractivity contribution in [3.05, 3.63) is 35.5 Å². The molecule has 3 heterocycles. The molecule has 0 spiro atoms. The Balaban J connectivity index is 1.60. The van der Waals surface area contributed by atoms with E-state index in [1.54, 1.807) is 7.11 Å². The van der Waals surface area contributed by atoms with Crippen LogP contribution in [0.1, 0.15) is 18.4 Å². The van der Waals surface area contributed by atoms with Crippen LogP contribution in [0.2, 0.25) is 0 Å². The fourth-order valence-corrected chi connectivity index (χ4v) is 4.74. The van der Waals surface area contributed by atoms with E-state index >= 15 is 0 Å². The molecule has 2 saturated heterocycles. The van der Waals surface area contributed by atoms with Gasteiger partial charge in [-0.25, -0.2) is 0 Å². The summed E-state index contributed by atoms with van der Waals surface area (Å²) in [6.07, 6.45) is 1.95. The van der Waals surface area contributed by atoms with E-state index in [1.165, 1.54) is 4.90 Å². The van der Waals surface area contributed by atoms with Crippen molar-refractivity contribution in [2.24, 2.45) is 0 Å². The first-order valence-corrected chi connectivity index (χ1v) is 11.5. The second-order valence-electron chi connectivity index (χ2n) is 8.81. The zero-order valence-corrected chi connectivity index (χ0v) is 19.4. The number of hydrogen-bond acceptors (Lipinski definition) is 7. The second kappa shape index (κ2) is 10.0. The Morgan fingerprint density at radius 3 is 2.28 bits per heavy atom. The molecule has 2 fully saturated rings. The van der Waals surface area contributed by atoms with Crippen molar-refractivity contribution in [2.45, 2.75) is 18.9 Å². The van der Waals surface area contributed by atoms with Gasteiger partial charge in [-0.05, 0) is 50.7 Å². The van der Waals surface area contributed by atoms with E-state index in [-0.39, 0.29) is 17.9 Å². The van der Waals surface area contributed by atoms with Crippen molar-refractivity contribution >= 4 is 17.4 Å². The number of piperidine rings is 1. The molecule has 0 saturated carbocycles. The van der Waals surface area contributed by atoms with Crippen LogP contribution >= 0.6 is 0 Å². The lowest BCUT2D eigenvalue weighted by Crippen LogP contribution is -2.45. The highest BCUT2D eigenvalue weighted by molar-refractivity contribution is 6.35. The largest absolute Gasteiger partial charge is 0.497 e. The fourth-order valence-electron chi connectivity index (χ4n) is 4.74. The van der Waals surface area contributed by atoms with Gasteiger partial charge in [0.1, 0.15) is 11.4 Å². The Morgan fingerprint density at radius 1 is 1.00 bits per heavy atom. The van der Waals surface area contributed by atoms with Crippen LogP contribution in [0.5, 0.6) is 5.75 Å². The summed E-state index contributed by atoms with van der Waals surface area (Å²) in [5.74, 6) is 0.333. The molecular weight excluding hydrogens is 408 g/mol. The van der Waals surface area contributed by atoms with Gasteiger partial charge in [0, 0.05) is 39.3 Å². The minimum atomic E-state index is -0.205. The van der Waals surface area contributed by atoms with Crippen LogP contribution in [0.25, 0.3) is 5.57 Å². The van der Waals surface area contributed by atoms with Crippen LogP contribution in [0.4, 0.5) is 0 Å². The Bertz CT molecular complexity index is 855. The van der Waals surface area contributed by atoms with Gasteiger partial charge >= 0.3 is 0 Å². The van der Waals surface area contributed by atoms with Gasteiger partial charge in [-0.3, -0.25) is 19.4 Å². The van der Waals surface area contributed by atoms with Crippen LogP contribution in [0.3, 0.4) is 0 Å². The quantitative estimate of drug-likeness (QED) is 0.587. The zero-order valence-electron chi connectivity index (χ0n) is 19.4. The molecule has 8 nitrogen and oxygen atoms in total. The number of imide groups is 1. The molecule has 32 heavy (non-hydrogen) atoms. The number of carbonyl (C=O) groups excluding carboxylic acids is 2. The lowest BCUT2D eigenvalue weighted by Gasteiger charge is -2.36. The van der Waals surface area contributed by atoms with Crippen LogP contribution in [-0.2, 0) is 14.3 Å². The molecule has 0 N–H and O–H groups in total. The Kier molecular flexibility index (Phi) is 7.13. The standard InChI is InChI=1S/C24H34N4O4/c1-25-10-8-19(9-11-25)26(2)22-21(18-4-6-20(31-3)7-5-18)23(29)28(24(22)30)13-12-27-14-16-32-17-15-27/h4-7,19H,8-17H2,1-3H3. The predicted molar refractivity (Wildman–Crippen MR) is 122 cm³/mol. The summed E-state index contributed by atoms with van der Waals surface area (Å²) in [5, 5.41) is 0. The van der Waals surface area contributed by atoms with Crippen LogP contribution in [0, 0.1) is 0 Å². The van der Waals surface area contributed by atoms with Crippen molar-refractivity contribution in [3.63, 3.8) is 0 Å². The SMILES string of the molecule is COc1ccc(C2=C(N(C)C3CCN(C)CC3)C(=O)N(CCN3CCOCC3)C2=O)cc1. The molecule has 4 rings (SSSR count). The predicted octanol–water partition coefficient (Wildman–Crippen LogP) is 1.13. The number of likely N-dealkylation sites (tertiary alicyclic amines) is 1. The molecule has 0 radical (unpaired) electrons. The number of likely N-dealkylation sites (N-methyl/N-ethyl adjacent to an activating group) is 1. The van der Waals surface area contributed by atoms with Gasteiger partial charge in [0.2, 0.25) is 0 Å². The minimum absolute atomic E-state index is 0.185. The van der Waals surface area contributed by atoms with Gasteiger partial charge in [-0.15, -0.1) is 0 Å². The molecule has 3 aliphatic heterocycles. The summed E-state index contributed by atoms with van der Waals surface area (Å²) in [4.78, 5) is 35.1. The van der Waals surface area contributed by atoms with E-state index in [4.69, 9.17) is 9.47 Å². The second-order valence-corrected chi connectivity index (χ2v) is 8.81. The highest BCUT2D eigenvalue weighted by atomic mass is 16.5. The van der Waals surface area contributed by atoms with E-state index in [0.29, 0.717) is 37.6 Å². The topological polar surface area (TPSA) is 65.6 Å². The van der Waals surface area contributed by atoms with E-state index < -0.39 is 0 Å². The lowest BCUT2D eigenvalue weighted by molar-refractivity contribution is -0.138. The molecule has 8 heteroatoms. The van der Waals surface area contributed by atoms with Crippen molar-refractivity contribution in [1.29, 1.82) is 0 Å². The van der Waals surface area contributed by atoms with Crippen LogP contribution in [0.15, 0.2) is 30.0 Å². The van der Waals surface area contributed by atoms with Gasteiger partial charge in [0.25, 0.3) is 11.8 Å². The number of amides is 2. The number of nitrogens with zero attached hydrogens (tertiary/aromatic N) is 4. The van der Waals surface area contributed by atoms with Crippen molar-refractivity contribution in [1.82, 2.24) is 19.6 Å². The van der Waals surface area contributed by atoms with E-state index in [1.807, 2.05) is 31.3 Å². The van der Waals surface area contributed by atoms with Gasteiger partial charge in [0.15, 0.2) is 0 Å². The minimum Gasteiger partial charge on any atom is -0.497 e. The maximum atomic E-state index is 13.6. The average Bonchev–Trinajstić information content (AvgIpc) is 3.08. The van der Waals surface area contributed by atoms with Gasteiger partial charge in [0.05, 0.1) is 25.9 Å². The highest BCUT2D eigenvalue weighted by Gasteiger charge is 2.42. The van der Waals surface area contributed by atoms with E-state index in [2.05, 4.69) is 21.7 Å². The first kappa shape index (κ1) is 22.8. The summed E-state index contributed by atoms with van der Waals surface area (Å²) in [5.41, 5.74) is 1.78. The molecule has 3 aliphatic rings. The summed E-state index contributed by atoms with van der Waals surface area (Å²) in [6.45, 7) is 6.09. The lowest BCUT2D eigenvalue weighted by atomic mass is 10.00. The summed E-state index contributed by atoms with van der Waals surface area (Å²) in [7, 11) is 5.70. The third-order valence-corrected chi connectivity index (χ3v) is 6.85. The first-order valence-electron chi connectivity index (χ1n) is 11.5. The summed E-state index contributed by atoms with van der Waals surface area (Å²) in [6, 6.07) is 7.65. The molecule has 0 unspecified atom stereocenters. The number of benzene rings is 1. The van der Waals surface area contributed by atoms with Crippen molar-refractivity contribution < 1.29 is 19.1 Å². The monoisotopic (exact) mass is 442 g/mol. The maximum Gasteiger partial charge on any atom is 0.277 e. The van der Waals surface area contributed by atoms with E-state index in [0.717, 1.165) is 50.3 Å². The molecule has 0 bridgehead atoms. The van der Waals surface area contributed by atoms with Crippen molar-refractivity contribution in [3.8, 4) is 5.75 Å². The maximum absolute atomic E-state index is 13.6. The Hall–Kier alpha value is -2.42. The number of ether oxygens (including phenoxy) is 2. The molecule has 1 aromatic carbocycles. The fraction of sp³-hybridized carbons (Fsp3) is 0.583. The smallest absolute Gasteiger partial charge is 0.277 e. The molecule has 0 aromatic heterocycles. The van der Waals surface area contributed by atoms with Gasteiger partial charge in [-0.1, -0.05) is 12.1 Å². The summed E-state index contributed by atoms with van der Waals surface area (Å²) >= 11 is 0. The number of morpholine rings is 1. The Morgan fingerprint density at radius 2 is 1.66 bits per heavy atom. The third-order valence-electron chi connectivity index (χ3n) is 6.85. The van der Waals surface area contributed by atoms with E-state index in [9.17, 15) is 9.59 Å². The van der Waals surface area contributed by atoms with Crippen LogP contribution < -0.4 is 4.74 Å². The summed E-state index contributed by atoms with van der Waals surface area (Å²) < 4.78 is 10.7. The normalized spacial score (nSPS) is 21.5. The third kappa shape index (κ3) is 4.67. The number of rotatable bonds is 7. The van der Waals surface area contributed by atoms with Gasteiger partial charge in [-0.2, -0.15) is 0 Å². The Labute approximate surface area is 190 Å². The number of carbonyl (C=O) groups is 2. The highest BCUT2D eigenvalue weighted by Crippen LogP contribution is 2.34. The van der Waals surface area contributed by atoms with Crippen LogP contribution in [-0.4, -0.2) is 111 Å². The molecular formula is C24H34N4O4. The first-order chi connectivity index (χ1) is 15.5. The number of methoxy groups -OCH3 is 1. The molecule has 0 aliphatic carbocycles. The van der Waals surface area contributed by atoms with Gasteiger partial charge < -0.3 is 19.3 Å². The molecule has 1 aromatic rings. The zero-order chi connectivity index (χ0) is 22.7. The molecule has 2 amide bonds. The molecule has 174 valence electrons. The number of hydrogen-bond donors (Lipinski definition) is 0. The molecule has 0 atom stereocenters. The van der Waals surface area contributed by atoms with Crippen molar-refractivity contribution in [2.75, 3.05) is 73.7 Å². The average molecular weight is 443 g/mol.